The van der Waals surface area contributed by atoms with Crippen LogP contribution >= 0.6 is 22.6 Å². The minimum atomic E-state index is -0.629. The van der Waals surface area contributed by atoms with Crippen molar-refractivity contribution in [2.24, 2.45) is 0 Å². The zero-order valence-corrected chi connectivity index (χ0v) is 13.2. The van der Waals surface area contributed by atoms with E-state index in [1.54, 1.807) is 0 Å². The van der Waals surface area contributed by atoms with E-state index < -0.39 is 11.6 Å². The number of hydrogen-bond acceptors (Lipinski definition) is 5. The quantitative estimate of drug-likeness (QED) is 0.521. The predicted octanol–water partition coefficient (Wildman–Crippen LogP) is 1.82. The van der Waals surface area contributed by atoms with Gasteiger partial charge in [-0.3, -0.25) is 0 Å². The fourth-order valence-corrected chi connectivity index (χ4v) is 3.53. The first-order chi connectivity index (χ1) is 8.31. The van der Waals surface area contributed by atoms with Gasteiger partial charge in [0.05, 0.1) is 6.10 Å². The number of fused-ring (bicyclic) bond motifs is 3. The van der Waals surface area contributed by atoms with Crippen molar-refractivity contribution in [3.05, 3.63) is 0 Å². The molecule has 104 valence electrons. The highest BCUT2D eigenvalue weighted by Gasteiger charge is 2.60. The van der Waals surface area contributed by atoms with Gasteiger partial charge in [-0.15, -0.1) is 0 Å². The molecular formula is C12H19IO5. The largest absolute Gasteiger partial charge is 0.343 e. The molecule has 0 radical (unpaired) electrons. The summed E-state index contributed by atoms with van der Waals surface area (Å²) >= 11 is 2.30. The van der Waals surface area contributed by atoms with Crippen LogP contribution in [0.3, 0.4) is 0 Å². The van der Waals surface area contributed by atoms with Crippen molar-refractivity contribution >= 4 is 22.6 Å². The van der Waals surface area contributed by atoms with E-state index in [0.717, 1.165) is 4.43 Å². The van der Waals surface area contributed by atoms with Crippen molar-refractivity contribution in [2.45, 2.75) is 70.0 Å². The lowest BCUT2D eigenvalue weighted by molar-refractivity contribution is -0.227. The fraction of sp³-hybridized carbons (Fsp3) is 1.00. The summed E-state index contributed by atoms with van der Waals surface area (Å²) in [6.07, 6.45) is -0.809. The molecule has 0 aromatic heterocycles. The molecular weight excluding hydrogens is 351 g/mol. The monoisotopic (exact) mass is 370 g/mol. The molecule has 5 atom stereocenters. The van der Waals surface area contributed by atoms with Gasteiger partial charge < -0.3 is 23.7 Å². The number of halogens is 1. The first kappa shape index (κ1) is 13.5. The van der Waals surface area contributed by atoms with Gasteiger partial charge in [0, 0.05) is 4.43 Å². The van der Waals surface area contributed by atoms with Crippen LogP contribution in [-0.2, 0) is 23.7 Å². The van der Waals surface area contributed by atoms with E-state index >= 15 is 0 Å². The van der Waals surface area contributed by atoms with Gasteiger partial charge in [0.2, 0.25) is 0 Å². The molecule has 3 rings (SSSR count). The van der Waals surface area contributed by atoms with Crippen molar-refractivity contribution < 1.29 is 23.7 Å². The Morgan fingerprint density at radius 1 is 0.833 bits per heavy atom. The molecule has 0 aromatic rings. The number of alkyl halides is 1. The molecule has 0 aromatic carbocycles. The van der Waals surface area contributed by atoms with Crippen LogP contribution in [0.15, 0.2) is 0 Å². The summed E-state index contributed by atoms with van der Waals surface area (Å²) in [7, 11) is 0. The molecule has 3 saturated heterocycles. The minimum Gasteiger partial charge on any atom is -0.343 e. The summed E-state index contributed by atoms with van der Waals surface area (Å²) in [6.45, 7) is 7.63. The average molecular weight is 370 g/mol. The second-order valence-electron chi connectivity index (χ2n) is 5.86. The second kappa shape index (κ2) is 4.26. The standard InChI is InChI=1S/C12H19IO5/c1-11(2)15-7-6(5-13)14-10-9(8(7)16-11)17-12(3,4)18-10/h6-10H,5H2,1-4H3/t6?,7-,8-,9+,10+/m1/s1. The summed E-state index contributed by atoms with van der Waals surface area (Å²) < 4.78 is 30.4. The third-order valence-electron chi connectivity index (χ3n) is 3.40. The highest BCUT2D eigenvalue weighted by Crippen LogP contribution is 2.44. The number of hydrogen-bond donors (Lipinski definition) is 0. The SMILES string of the molecule is CC1(C)O[C@@H]2OC(CI)[C@H]3OC(C)(C)O[C@H]3[C@@H]2O1. The Kier molecular flexibility index (Phi) is 3.20. The Hall–Kier alpha value is 0.530. The predicted molar refractivity (Wildman–Crippen MR) is 71.4 cm³/mol. The van der Waals surface area contributed by atoms with E-state index in [4.69, 9.17) is 23.7 Å². The van der Waals surface area contributed by atoms with Crippen molar-refractivity contribution in [2.75, 3.05) is 4.43 Å². The van der Waals surface area contributed by atoms with Crippen LogP contribution in [0.2, 0.25) is 0 Å². The third-order valence-corrected chi connectivity index (χ3v) is 4.27. The average Bonchev–Trinajstić information content (AvgIpc) is 2.71. The molecule has 3 aliphatic heterocycles. The fourth-order valence-electron chi connectivity index (χ4n) is 2.82. The zero-order valence-electron chi connectivity index (χ0n) is 11.0. The highest BCUT2D eigenvalue weighted by molar-refractivity contribution is 14.1. The molecule has 0 spiro atoms. The molecule has 0 amide bonds. The first-order valence-electron chi connectivity index (χ1n) is 6.24. The molecule has 1 unspecified atom stereocenters. The van der Waals surface area contributed by atoms with Crippen molar-refractivity contribution in [1.29, 1.82) is 0 Å². The maximum atomic E-state index is 5.98. The lowest BCUT2D eigenvalue weighted by atomic mass is 10.0. The van der Waals surface area contributed by atoms with Gasteiger partial charge in [-0.1, -0.05) is 22.6 Å². The van der Waals surface area contributed by atoms with Crippen LogP contribution in [0.25, 0.3) is 0 Å². The number of ether oxygens (including phenoxy) is 5. The van der Waals surface area contributed by atoms with E-state index in [-0.39, 0.29) is 30.7 Å². The molecule has 5 nitrogen and oxygen atoms in total. The summed E-state index contributed by atoms with van der Waals surface area (Å²) in [5.74, 6) is -1.22. The van der Waals surface area contributed by atoms with Crippen LogP contribution in [-0.4, -0.2) is 46.7 Å². The van der Waals surface area contributed by atoms with Gasteiger partial charge in [-0.05, 0) is 27.7 Å². The summed E-state index contributed by atoms with van der Waals surface area (Å²) in [5.41, 5.74) is 0. The van der Waals surface area contributed by atoms with E-state index in [1.165, 1.54) is 0 Å². The molecule has 0 bridgehead atoms. The van der Waals surface area contributed by atoms with E-state index in [9.17, 15) is 0 Å². The normalized spacial score (nSPS) is 48.8. The van der Waals surface area contributed by atoms with Gasteiger partial charge in [-0.25, -0.2) is 0 Å². The number of rotatable bonds is 1. The van der Waals surface area contributed by atoms with E-state index in [0.29, 0.717) is 0 Å². The van der Waals surface area contributed by atoms with Crippen LogP contribution in [0.4, 0.5) is 0 Å². The topological polar surface area (TPSA) is 46.2 Å². The molecule has 3 heterocycles. The minimum absolute atomic E-state index is 0.0175. The zero-order chi connectivity index (χ0) is 13.1. The molecule has 0 N–H and O–H groups in total. The molecule has 0 aliphatic carbocycles. The Balaban J connectivity index is 1.86. The van der Waals surface area contributed by atoms with Gasteiger partial charge >= 0.3 is 0 Å². The summed E-state index contributed by atoms with van der Waals surface area (Å²) in [6, 6.07) is 0. The van der Waals surface area contributed by atoms with Crippen molar-refractivity contribution in [1.82, 2.24) is 0 Å². The lowest BCUT2D eigenvalue weighted by Crippen LogP contribution is -2.55. The smallest absolute Gasteiger partial charge is 0.190 e. The molecule has 3 aliphatic rings. The molecule has 0 saturated carbocycles. The van der Waals surface area contributed by atoms with Crippen molar-refractivity contribution in [3.8, 4) is 0 Å². The Bertz CT molecular complexity index is 345. The Morgan fingerprint density at radius 2 is 1.39 bits per heavy atom. The summed E-state index contributed by atoms with van der Waals surface area (Å²) in [5, 5.41) is 0. The van der Waals surface area contributed by atoms with Gasteiger partial charge in [0.1, 0.15) is 18.3 Å². The third kappa shape index (κ3) is 2.20. The van der Waals surface area contributed by atoms with E-state index in [1.807, 2.05) is 27.7 Å². The van der Waals surface area contributed by atoms with Crippen LogP contribution < -0.4 is 0 Å². The molecule has 18 heavy (non-hydrogen) atoms. The van der Waals surface area contributed by atoms with Crippen LogP contribution in [0.5, 0.6) is 0 Å². The maximum Gasteiger partial charge on any atom is 0.190 e. The van der Waals surface area contributed by atoms with E-state index in [2.05, 4.69) is 22.6 Å². The highest BCUT2D eigenvalue weighted by atomic mass is 127. The van der Waals surface area contributed by atoms with Gasteiger partial charge in [-0.2, -0.15) is 0 Å². The van der Waals surface area contributed by atoms with Gasteiger partial charge in [0.25, 0.3) is 0 Å². The first-order valence-corrected chi connectivity index (χ1v) is 7.77. The summed E-state index contributed by atoms with van der Waals surface area (Å²) in [4.78, 5) is 0. The molecule has 6 heteroatoms. The Morgan fingerprint density at radius 3 is 2.06 bits per heavy atom. The van der Waals surface area contributed by atoms with Crippen molar-refractivity contribution in [3.63, 3.8) is 0 Å². The Labute approximate surface area is 121 Å². The molecule has 3 fully saturated rings. The van der Waals surface area contributed by atoms with Crippen LogP contribution in [0.1, 0.15) is 27.7 Å². The van der Waals surface area contributed by atoms with Crippen LogP contribution in [0, 0.1) is 0 Å². The maximum absolute atomic E-state index is 5.98. The lowest BCUT2D eigenvalue weighted by Gasteiger charge is -2.36. The van der Waals surface area contributed by atoms with Gasteiger partial charge in [0.15, 0.2) is 17.9 Å². The second-order valence-corrected chi connectivity index (χ2v) is 6.74.